The van der Waals surface area contributed by atoms with Crippen molar-refractivity contribution in [1.82, 2.24) is 10.2 Å². The van der Waals surface area contributed by atoms with Crippen molar-refractivity contribution in [2.24, 2.45) is 4.99 Å². The van der Waals surface area contributed by atoms with Crippen LogP contribution in [0, 0.1) is 0 Å². The molecule has 2 heterocycles. The van der Waals surface area contributed by atoms with Crippen LogP contribution in [0.3, 0.4) is 0 Å². The highest BCUT2D eigenvalue weighted by atomic mass is 127. The molecule has 0 unspecified atom stereocenters. The molecule has 8 heteroatoms. The van der Waals surface area contributed by atoms with Gasteiger partial charge in [-0.2, -0.15) is 0 Å². The van der Waals surface area contributed by atoms with Crippen molar-refractivity contribution in [3.63, 3.8) is 0 Å². The number of nitrogens with zero attached hydrogens (tertiary/aromatic N) is 3. The van der Waals surface area contributed by atoms with Gasteiger partial charge in [-0.3, -0.25) is 4.99 Å². The number of aliphatic imine (C=N–C) groups is 1. The number of piperazine rings is 1. The van der Waals surface area contributed by atoms with Gasteiger partial charge in [0, 0.05) is 58.0 Å². The number of guanidine groups is 1. The Morgan fingerprint density at radius 1 is 1.14 bits per heavy atom. The van der Waals surface area contributed by atoms with Crippen molar-refractivity contribution in [2.75, 3.05) is 65.0 Å². The number of halogens is 1. The monoisotopic (exact) mass is 514 g/mol. The predicted octanol–water partition coefficient (Wildman–Crippen LogP) is 2.86. The highest BCUT2D eigenvalue weighted by Crippen LogP contribution is 2.22. The highest BCUT2D eigenvalue weighted by Gasteiger charge is 2.20. The maximum absolute atomic E-state index is 5.41. The number of nitrogens with one attached hydrogen (secondary N) is 1. The van der Waals surface area contributed by atoms with Crippen LogP contribution < -0.4 is 15.0 Å². The van der Waals surface area contributed by atoms with E-state index < -0.39 is 0 Å². The van der Waals surface area contributed by atoms with Gasteiger partial charge in [-0.15, -0.1) is 24.0 Å². The minimum Gasteiger partial charge on any atom is -0.497 e. The molecule has 0 amide bonds. The minimum absolute atomic E-state index is 0. The summed E-state index contributed by atoms with van der Waals surface area (Å²) < 4.78 is 15.9. The number of benzene rings is 1. The Kier molecular flexibility index (Phi) is 10.1. The van der Waals surface area contributed by atoms with E-state index in [1.165, 1.54) is 5.69 Å². The van der Waals surface area contributed by atoms with E-state index in [1.807, 2.05) is 24.3 Å². The van der Waals surface area contributed by atoms with Crippen LogP contribution in [0.25, 0.3) is 0 Å². The third kappa shape index (κ3) is 7.11. The first-order valence-corrected chi connectivity index (χ1v) is 9.73. The SMILES string of the molecule is COCCN=C(NCCc1ccco1)N1CCN(c2cccc(OC)c2)CC1.I. The smallest absolute Gasteiger partial charge is 0.194 e. The molecule has 1 aliphatic heterocycles. The van der Waals surface area contributed by atoms with Gasteiger partial charge in [0.25, 0.3) is 0 Å². The van der Waals surface area contributed by atoms with Crippen LogP contribution in [0.15, 0.2) is 52.1 Å². The second-order valence-corrected chi connectivity index (χ2v) is 6.63. The van der Waals surface area contributed by atoms with Gasteiger partial charge in [0.1, 0.15) is 11.5 Å². The normalized spacial score (nSPS) is 14.5. The van der Waals surface area contributed by atoms with Crippen LogP contribution in [0.4, 0.5) is 5.69 Å². The van der Waals surface area contributed by atoms with Crippen LogP contribution in [0.5, 0.6) is 5.75 Å². The van der Waals surface area contributed by atoms with E-state index >= 15 is 0 Å². The molecule has 29 heavy (non-hydrogen) atoms. The van der Waals surface area contributed by atoms with Crippen molar-refractivity contribution < 1.29 is 13.9 Å². The van der Waals surface area contributed by atoms with Crippen molar-refractivity contribution in [1.29, 1.82) is 0 Å². The molecule has 0 bridgehead atoms. The lowest BCUT2D eigenvalue weighted by atomic mass is 10.2. The molecule has 0 aliphatic carbocycles. The second kappa shape index (κ2) is 12.6. The minimum atomic E-state index is 0. The van der Waals surface area contributed by atoms with Crippen LogP contribution >= 0.6 is 24.0 Å². The third-order valence-corrected chi connectivity index (χ3v) is 4.79. The number of anilines is 1. The van der Waals surface area contributed by atoms with Gasteiger partial charge in [0.2, 0.25) is 0 Å². The third-order valence-electron chi connectivity index (χ3n) is 4.79. The van der Waals surface area contributed by atoms with Gasteiger partial charge in [0.05, 0.1) is 26.5 Å². The number of hydrogen-bond donors (Lipinski definition) is 1. The predicted molar refractivity (Wildman–Crippen MR) is 127 cm³/mol. The quantitative estimate of drug-likeness (QED) is 0.253. The Bertz CT molecular complexity index is 731. The van der Waals surface area contributed by atoms with Crippen molar-refractivity contribution in [3.8, 4) is 5.75 Å². The number of furan rings is 1. The van der Waals surface area contributed by atoms with Crippen LogP contribution in [-0.4, -0.2) is 71.0 Å². The molecule has 160 valence electrons. The second-order valence-electron chi connectivity index (χ2n) is 6.63. The highest BCUT2D eigenvalue weighted by molar-refractivity contribution is 14.0. The largest absolute Gasteiger partial charge is 0.497 e. The van der Waals surface area contributed by atoms with Crippen LogP contribution in [-0.2, 0) is 11.2 Å². The molecule has 0 saturated carbocycles. The lowest BCUT2D eigenvalue weighted by molar-refractivity contribution is 0.207. The van der Waals surface area contributed by atoms with Crippen molar-refractivity contribution >= 4 is 35.6 Å². The summed E-state index contributed by atoms with van der Waals surface area (Å²) in [5.74, 6) is 2.81. The lowest BCUT2D eigenvalue weighted by Gasteiger charge is -2.37. The number of methoxy groups -OCH3 is 2. The average Bonchev–Trinajstić information content (AvgIpc) is 3.26. The van der Waals surface area contributed by atoms with Gasteiger partial charge in [-0.25, -0.2) is 0 Å². The van der Waals surface area contributed by atoms with Crippen LogP contribution in [0.2, 0.25) is 0 Å². The molecule has 1 saturated heterocycles. The first-order chi connectivity index (χ1) is 13.8. The summed E-state index contributed by atoms with van der Waals surface area (Å²) in [7, 11) is 3.40. The molecule has 0 atom stereocenters. The average molecular weight is 514 g/mol. The summed E-state index contributed by atoms with van der Waals surface area (Å²) in [6, 6.07) is 12.1. The summed E-state index contributed by atoms with van der Waals surface area (Å²) in [4.78, 5) is 9.42. The van der Waals surface area contributed by atoms with Gasteiger partial charge >= 0.3 is 0 Å². The standard InChI is InChI=1S/C21H30N4O3.HI/c1-26-16-10-23-21(22-9-8-19-7-4-15-28-19)25-13-11-24(12-14-25)18-5-3-6-20(17-18)27-2;/h3-7,15,17H,8-14,16H2,1-2H3,(H,22,23);1H. The Balaban J connectivity index is 0.00000300. The van der Waals surface area contributed by atoms with Gasteiger partial charge in [0.15, 0.2) is 5.96 Å². The summed E-state index contributed by atoms with van der Waals surface area (Å²) in [5, 5.41) is 3.48. The summed E-state index contributed by atoms with van der Waals surface area (Å²) in [5.41, 5.74) is 1.20. The van der Waals surface area contributed by atoms with Gasteiger partial charge in [-0.05, 0) is 24.3 Å². The maximum atomic E-state index is 5.41. The Hall–Kier alpha value is -1.94. The molecule has 0 spiro atoms. The lowest BCUT2D eigenvalue weighted by Crippen LogP contribution is -2.53. The van der Waals surface area contributed by atoms with Gasteiger partial charge in [-0.1, -0.05) is 6.07 Å². The first-order valence-electron chi connectivity index (χ1n) is 9.73. The zero-order valence-corrected chi connectivity index (χ0v) is 19.5. The fourth-order valence-corrected chi connectivity index (χ4v) is 3.25. The molecular weight excluding hydrogens is 483 g/mol. The molecule has 1 aliphatic rings. The van der Waals surface area contributed by atoms with E-state index in [4.69, 9.17) is 18.9 Å². The van der Waals surface area contributed by atoms with Crippen molar-refractivity contribution in [3.05, 3.63) is 48.4 Å². The molecule has 1 aromatic heterocycles. The van der Waals surface area contributed by atoms with E-state index in [2.05, 4.69) is 27.2 Å². The van der Waals surface area contributed by atoms with E-state index in [1.54, 1.807) is 20.5 Å². The van der Waals surface area contributed by atoms with Crippen LogP contribution in [0.1, 0.15) is 5.76 Å². The fourth-order valence-electron chi connectivity index (χ4n) is 3.25. The van der Waals surface area contributed by atoms with Crippen molar-refractivity contribution in [2.45, 2.75) is 6.42 Å². The summed E-state index contributed by atoms with van der Waals surface area (Å²) >= 11 is 0. The molecule has 7 nitrogen and oxygen atoms in total. The number of rotatable bonds is 8. The topological polar surface area (TPSA) is 62.5 Å². The fraction of sp³-hybridized carbons (Fsp3) is 0.476. The van der Waals surface area contributed by atoms with Gasteiger partial charge < -0.3 is 29.0 Å². The Labute approximate surface area is 190 Å². The maximum Gasteiger partial charge on any atom is 0.194 e. The first kappa shape index (κ1) is 23.3. The number of hydrogen-bond acceptors (Lipinski definition) is 5. The molecule has 3 rings (SSSR count). The molecule has 1 aromatic carbocycles. The summed E-state index contributed by atoms with van der Waals surface area (Å²) in [6.45, 7) is 5.76. The molecule has 0 radical (unpaired) electrons. The molecule has 1 N–H and O–H groups in total. The summed E-state index contributed by atoms with van der Waals surface area (Å²) in [6.07, 6.45) is 2.54. The Morgan fingerprint density at radius 3 is 2.66 bits per heavy atom. The molecule has 2 aromatic rings. The van der Waals surface area contributed by atoms with E-state index in [9.17, 15) is 0 Å². The van der Waals surface area contributed by atoms with E-state index in [-0.39, 0.29) is 24.0 Å². The number of ether oxygens (including phenoxy) is 2. The van der Waals surface area contributed by atoms with E-state index in [0.29, 0.717) is 13.2 Å². The van der Waals surface area contributed by atoms with E-state index in [0.717, 1.165) is 56.6 Å². The molecule has 1 fully saturated rings. The molecular formula is C21H31IN4O3. The zero-order chi connectivity index (χ0) is 19.6. The zero-order valence-electron chi connectivity index (χ0n) is 17.2. The Morgan fingerprint density at radius 2 is 1.97 bits per heavy atom.